The van der Waals surface area contributed by atoms with Gasteiger partial charge in [0, 0.05) is 19.2 Å². The summed E-state index contributed by atoms with van der Waals surface area (Å²) in [5.41, 5.74) is 0. The highest BCUT2D eigenvalue weighted by atomic mass is 35.5. The van der Waals surface area contributed by atoms with E-state index in [1.54, 1.807) is 0 Å². The molecule has 2 rings (SSSR count). The van der Waals surface area contributed by atoms with Crippen LogP contribution in [-0.2, 0) is 6.42 Å². The predicted molar refractivity (Wildman–Crippen MR) is 62.4 cm³/mol. The highest BCUT2D eigenvalue weighted by Crippen LogP contribution is 2.15. The summed E-state index contributed by atoms with van der Waals surface area (Å²) in [4.78, 5) is 7.85. The van der Waals surface area contributed by atoms with Gasteiger partial charge in [-0.3, -0.25) is 5.10 Å². The van der Waals surface area contributed by atoms with Crippen molar-refractivity contribution in [1.29, 1.82) is 0 Å². The fourth-order valence-electron chi connectivity index (χ4n) is 1.36. The van der Waals surface area contributed by atoms with Crippen molar-refractivity contribution in [2.24, 2.45) is 0 Å². The van der Waals surface area contributed by atoms with Crippen LogP contribution in [0.4, 0.5) is 10.2 Å². The van der Waals surface area contributed by atoms with E-state index in [9.17, 15) is 4.39 Å². The van der Waals surface area contributed by atoms with Gasteiger partial charge in [0.1, 0.15) is 12.2 Å². The van der Waals surface area contributed by atoms with Gasteiger partial charge in [0.25, 0.3) is 0 Å². The lowest BCUT2D eigenvalue weighted by Gasteiger charge is -2.05. The molecule has 2 aromatic heterocycles. The van der Waals surface area contributed by atoms with Gasteiger partial charge in [0.2, 0.25) is 0 Å². The molecule has 0 fully saturated rings. The molecular formula is C10H11ClFN5. The molecule has 0 aliphatic carbocycles. The van der Waals surface area contributed by atoms with E-state index in [2.05, 4.69) is 25.5 Å². The second-order valence-corrected chi connectivity index (χ2v) is 3.88. The molecule has 0 aliphatic heterocycles. The maximum Gasteiger partial charge on any atom is 0.166 e. The maximum absolute atomic E-state index is 13.3. The van der Waals surface area contributed by atoms with E-state index < -0.39 is 5.82 Å². The predicted octanol–water partition coefficient (Wildman–Crippen LogP) is 2.04. The minimum atomic E-state index is -0.447. The van der Waals surface area contributed by atoms with Crippen molar-refractivity contribution in [3.05, 3.63) is 35.3 Å². The van der Waals surface area contributed by atoms with Gasteiger partial charge < -0.3 is 5.32 Å². The van der Waals surface area contributed by atoms with E-state index in [0.29, 0.717) is 6.54 Å². The first-order chi connectivity index (χ1) is 8.25. The van der Waals surface area contributed by atoms with Gasteiger partial charge in [0.15, 0.2) is 11.6 Å². The molecule has 7 heteroatoms. The quantitative estimate of drug-likeness (QED) is 0.803. The average molecular weight is 256 g/mol. The van der Waals surface area contributed by atoms with Gasteiger partial charge in [-0.15, -0.1) is 0 Å². The Morgan fingerprint density at radius 1 is 1.41 bits per heavy atom. The number of aryl methyl sites for hydroxylation is 1. The smallest absolute Gasteiger partial charge is 0.166 e. The Hall–Kier alpha value is -1.69. The lowest BCUT2D eigenvalue weighted by Crippen LogP contribution is -2.06. The number of hydrogen-bond donors (Lipinski definition) is 2. The Morgan fingerprint density at radius 2 is 2.29 bits per heavy atom. The second-order valence-electron chi connectivity index (χ2n) is 3.45. The van der Waals surface area contributed by atoms with E-state index in [1.807, 2.05) is 0 Å². The molecule has 0 saturated heterocycles. The zero-order valence-electron chi connectivity index (χ0n) is 8.95. The normalized spacial score (nSPS) is 10.5. The van der Waals surface area contributed by atoms with Crippen molar-refractivity contribution in [2.75, 3.05) is 11.9 Å². The molecule has 90 valence electrons. The topological polar surface area (TPSA) is 66.5 Å². The van der Waals surface area contributed by atoms with E-state index in [4.69, 9.17) is 11.6 Å². The van der Waals surface area contributed by atoms with Gasteiger partial charge in [-0.1, -0.05) is 11.6 Å². The Labute approximate surface area is 102 Å². The summed E-state index contributed by atoms with van der Waals surface area (Å²) in [6.07, 6.45) is 4.42. The third-order valence-corrected chi connectivity index (χ3v) is 2.36. The van der Waals surface area contributed by atoms with Gasteiger partial charge in [-0.2, -0.15) is 5.10 Å². The van der Waals surface area contributed by atoms with E-state index in [1.165, 1.54) is 18.6 Å². The molecule has 17 heavy (non-hydrogen) atoms. The van der Waals surface area contributed by atoms with Crippen LogP contribution in [0.1, 0.15) is 12.2 Å². The summed E-state index contributed by atoms with van der Waals surface area (Å²) >= 11 is 5.60. The molecule has 5 nitrogen and oxygen atoms in total. The van der Waals surface area contributed by atoms with Crippen LogP contribution in [0.5, 0.6) is 0 Å². The molecule has 0 bridgehead atoms. The lowest BCUT2D eigenvalue weighted by molar-refractivity contribution is 0.623. The first kappa shape index (κ1) is 11.8. The maximum atomic E-state index is 13.3. The highest BCUT2D eigenvalue weighted by molar-refractivity contribution is 6.30. The number of halogens is 2. The molecular weight excluding hydrogens is 245 g/mol. The largest absolute Gasteiger partial charge is 0.368 e. The van der Waals surface area contributed by atoms with Crippen LogP contribution in [0.3, 0.4) is 0 Å². The number of nitrogens with one attached hydrogen (secondary N) is 2. The van der Waals surface area contributed by atoms with Crippen molar-refractivity contribution < 1.29 is 4.39 Å². The van der Waals surface area contributed by atoms with Crippen LogP contribution < -0.4 is 5.32 Å². The standard InChI is InChI=1S/C10H11ClFN5/c11-7-4-8(12)10(14-5-7)13-3-1-2-9-15-6-16-17-9/h4-6H,1-3H2,(H,13,14)(H,15,16,17). The van der Waals surface area contributed by atoms with Crippen LogP contribution in [0.2, 0.25) is 5.02 Å². The zero-order chi connectivity index (χ0) is 12.1. The SMILES string of the molecule is Fc1cc(Cl)cnc1NCCCc1ncn[nH]1. The molecule has 2 aromatic rings. The Balaban J connectivity index is 1.78. The molecule has 0 aliphatic rings. The monoisotopic (exact) mass is 255 g/mol. The van der Waals surface area contributed by atoms with Crippen molar-refractivity contribution in [3.63, 3.8) is 0 Å². The number of hydrogen-bond acceptors (Lipinski definition) is 4. The van der Waals surface area contributed by atoms with Crippen molar-refractivity contribution >= 4 is 17.4 Å². The second kappa shape index (κ2) is 5.58. The van der Waals surface area contributed by atoms with Gasteiger partial charge in [-0.25, -0.2) is 14.4 Å². The summed E-state index contributed by atoms with van der Waals surface area (Å²) in [5, 5.41) is 9.68. The number of nitrogens with zero attached hydrogens (tertiary/aromatic N) is 3. The van der Waals surface area contributed by atoms with Crippen LogP contribution in [0, 0.1) is 5.82 Å². The van der Waals surface area contributed by atoms with Gasteiger partial charge in [-0.05, 0) is 12.5 Å². The number of pyridine rings is 1. The number of anilines is 1. The minimum Gasteiger partial charge on any atom is -0.368 e. The van der Waals surface area contributed by atoms with Gasteiger partial charge >= 0.3 is 0 Å². The van der Waals surface area contributed by atoms with Crippen molar-refractivity contribution in [3.8, 4) is 0 Å². The summed E-state index contributed by atoms with van der Waals surface area (Å²) in [5.74, 6) is 0.584. The Morgan fingerprint density at radius 3 is 3.00 bits per heavy atom. The van der Waals surface area contributed by atoms with Crippen LogP contribution in [0.25, 0.3) is 0 Å². The lowest BCUT2D eigenvalue weighted by atomic mass is 10.3. The zero-order valence-corrected chi connectivity index (χ0v) is 9.71. The fourth-order valence-corrected chi connectivity index (χ4v) is 1.50. The molecule has 2 heterocycles. The van der Waals surface area contributed by atoms with E-state index >= 15 is 0 Å². The molecule has 0 amide bonds. The minimum absolute atomic E-state index is 0.215. The summed E-state index contributed by atoms with van der Waals surface area (Å²) < 4.78 is 13.3. The Bertz CT molecular complexity index is 474. The van der Waals surface area contributed by atoms with Crippen LogP contribution in [0.15, 0.2) is 18.6 Å². The molecule has 0 unspecified atom stereocenters. The highest BCUT2D eigenvalue weighted by Gasteiger charge is 2.03. The number of aromatic amines is 1. The molecule has 0 radical (unpaired) electrons. The molecule has 0 aromatic carbocycles. The number of H-pyrrole nitrogens is 1. The fraction of sp³-hybridized carbons (Fsp3) is 0.300. The number of aromatic nitrogens is 4. The first-order valence-electron chi connectivity index (χ1n) is 5.15. The molecule has 2 N–H and O–H groups in total. The van der Waals surface area contributed by atoms with Crippen molar-refractivity contribution in [2.45, 2.75) is 12.8 Å². The summed E-state index contributed by atoms with van der Waals surface area (Å²) in [6, 6.07) is 1.23. The first-order valence-corrected chi connectivity index (χ1v) is 5.52. The molecule has 0 saturated carbocycles. The van der Waals surface area contributed by atoms with Gasteiger partial charge in [0.05, 0.1) is 5.02 Å². The van der Waals surface area contributed by atoms with E-state index in [-0.39, 0.29) is 10.8 Å². The van der Waals surface area contributed by atoms with E-state index in [0.717, 1.165) is 18.7 Å². The van der Waals surface area contributed by atoms with Crippen LogP contribution in [-0.4, -0.2) is 26.7 Å². The summed E-state index contributed by atoms with van der Waals surface area (Å²) in [6.45, 7) is 0.603. The molecule has 0 spiro atoms. The summed E-state index contributed by atoms with van der Waals surface area (Å²) in [7, 11) is 0. The number of rotatable bonds is 5. The van der Waals surface area contributed by atoms with Crippen molar-refractivity contribution in [1.82, 2.24) is 20.2 Å². The average Bonchev–Trinajstić information content (AvgIpc) is 2.79. The third-order valence-electron chi connectivity index (χ3n) is 2.16. The third kappa shape index (κ3) is 3.39. The molecule has 0 atom stereocenters. The Kier molecular flexibility index (Phi) is 3.87. The van der Waals surface area contributed by atoms with Crippen LogP contribution >= 0.6 is 11.6 Å².